The largest absolute Gasteiger partial charge is 0.457 e. The summed E-state index contributed by atoms with van der Waals surface area (Å²) >= 11 is 5.82. The molecule has 1 heterocycles. The molecule has 1 atom stereocenters. The Balaban J connectivity index is 1.82. The molecule has 2 aromatic carbocycles. The number of carbonyl (C=O) groups is 2. The minimum absolute atomic E-state index is 0.0946. The number of halogens is 1. The molecule has 1 aliphatic rings. The molecule has 2 aromatic rings. The molecule has 3 rings (SSSR count). The van der Waals surface area contributed by atoms with E-state index in [1.165, 1.54) is 29.7 Å². The fraction of sp³-hybridized carbons (Fsp3) is 0.176. The molecule has 1 fully saturated rings. The first-order chi connectivity index (χ1) is 13.3. The van der Waals surface area contributed by atoms with Gasteiger partial charge in [-0.15, -0.1) is 0 Å². The van der Waals surface area contributed by atoms with Crippen LogP contribution in [0.5, 0.6) is 11.5 Å². The van der Waals surface area contributed by atoms with Gasteiger partial charge in [-0.1, -0.05) is 11.6 Å². The summed E-state index contributed by atoms with van der Waals surface area (Å²) in [4.78, 5) is 23.2. The van der Waals surface area contributed by atoms with E-state index in [0.29, 0.717) is 16.5 Å². The quantitative estimate of drug-likeness (QED) is 0.492. The van der Waals surface area contributed by atoms with Crippen LogP contribution < -0.4 is 15.5 Å². The summed E-state index contributed by atoms with van der Waals surface area (Å²) < 4.78 is 32.2. The molecule has 3 N–H and O–H groups in total. The van der Waals surface area contributed by atoms with Gasteiger partial charge < -0.3 is 10.1 Å². The maximum absolute atomic E-state index is 12.9. The summed E-state index contributed by atoms with van der Waals surface area (Å²) in [6, 6.07) is 12.2. The van der Waals surface area contributed by atoms with Crippen molar-refractivity contribution in [1.29, 1.82) is 0 Å². The highest BCUT2D eigenvalue weighted by atomic mass is 35.5. The van der Waals surface area contributed by atoms with Crippen LogP contribution in [0.4, 0.5) is 0 Å². The first kappa shape index (κ1) is 20.1. The Morgan fingerprint density at radius 3 is 2.29 bits per heavy atom. The van der Waals surface area contributed by atoms with Crippen LogP contribution in [-0.2, 0) is 19.6 Å². The molecule has 0 saturated carbocycles. The molecule has 148 valence electrons. The summed E-state index contributed by atoms with van der Waals surface area (Å²) in [6.07, 6.45) is -1.65. The van der Waals surface area contributed by atoms with Gasteiger partial charge in [-0.3, -0.25) is 14.8 Å². The maximum Gasteiger partial charge on any atom is 0.282 e. The predicted octanol–water partition coefficient (Wildman–Crippen LogP) is 1.47. The van der Waals surface area contributed by atoms with E-state index in [9.17, 15) is 18.0 Å². The minimum Gasteiger partial charge on any atom is -0.457 e. The van der Waals surface area contributed by atoms with Crippen LogP contribution in [0.3, 0.4) is 0 Å². The normalized spacial score (nSPS) is 17.6. The van der Waals surface area contributed by atoms with Crippen LogP contribution in [0, 0.1) is 0 Å². The highest BCUT2D eigenvalue weighted by Gasteiger charge is 2.40. The number of benzene rings is 2. The second-order valence-electron chi connectivity index (χ2n) is 5.84. The number of rotatable bonds is 5. The number of carbonyl (C=O) groups excluding carboxylic acids is 2. The number of nitrogens with zero attached hydrogens (tertiary/aromatic N) is 1. The Morgan fingerprint density at radius 1 is 1.14 bits per heavy atom. The van der Waals surface area contributed by atoms with Gasteiger partial charge in [-0.25, -0.2) is 13.9 Å². The van der Waals surface area contributed by atoms with Gasteiger partial charge in [0.15, 0.2) is 6.17 Å². The predicted molar refractivity (Wildman–Crippen MR) is 98.3 cm³/mol. The number of hydrogen-bond acceptors (Lipinski definition) is 6. The molecule has 0 radical (unpaired) electrons. The molecule has 0 spiro atoms. The highest BCUT2D eigenvalue weighted by molar-refractivity contribution is 7.89. The number of ether oxygens (including phenoxy) is 1. The van der Waals surface area contributed by atoms with E-state index in [0.717, 1.165) is 4.31 Å². The van der Waals surface area contributed by atoms with Crippen molar-refractivity contribution in [2.45, 2.75) is 17.5 Å². The molecule has 0 unspecified atom stereocenters. The third-order valence-electron chi connectivity index (χ3n) is 3.98. The van der Waals surface area contributed by atoms with Crippen molar-refractivity contribution in [2.24, 2.45) is 0 Å². The van der Waals surface area contributed by atoms with Crippen molar-refractivity contribution >= 4 is 33.4 Å². The Hall–Kier alpha value is -2.66. The topological polar surface area (TPSA) is 125 Å². The fourth-order valence-corrected chi connectivity index (χ4v) is 4.24. The molecule has 11 heteroatoms. The molecule has 0 aliphatic carbocycles. The fourth-order valence-electron chi connectivity index (χ4n) is 2.61. The lowest BCUT2D eigenvalue weighted by Gasteiger charge is -2.33. The van der Waals surface area contributed by atoms with Crippen molar-refractivity contribution in [3.05, 3.63) is 53.6 Å². The SMILES string of the molecule is O=C1CCN(S(=O)(=O)c2ccc(Oc3ccc(Cl)cc3)cc2)[C@H](C(=O)NO)N1. The van der Waals surface area contributed by atoms with Crippen molar-refractivity contribution in [2.75, 3.05) is 6.54 Å². The van der Waals surface area contributed by atoms with Gasteiger partial charge in [0.05, 0.1) is 4.90 Å². The molecule has 1 aliphatic heterocycles. The molecule has 9 nitrogen and oxygen atoms in total. The lowest BCUT2D eigenvalue weighted by atomic mass is 10.3. The van der Waals surface area contributed by atoms with E-state index in [2.05, 4.69) is 5.32 Å². The number of hydrogen-bond donors (Lipinski definition) is 3. The molecule has 1 saturated heterocycles. The van der Waals surface area contributed by atoms with Gasteiger partial charge in [-0.2, -0.15) is 4.31 Å². The van der Waals surface area contributed by atoms with Gasteiger partial charge in [-0.05, 0) is 48.5 Å². The standard InChI is InChI=1S/C17H16ClN3O6S/c18-11-1-3-12(4-2-11)27-13-5-7-14(8-6-13)28(25,26)21-10-9-15(22)19-16(21)17(23)20-24/h1-8,16,24H,9-10H2,(H,19,22)(H,20,23)/t16-/m1/s1. The van der Waals surface area contributed by atoms with Gasteiger partial charge in [0.25, 0.3) is 5.91 Å². The zero-order chi connectivity index (χ0) is 20.3. The van der Waals surface area contributed by atoms with Crippen LogP contribution >= 0.6 is 11.6 Å². The van der Waals surface area contributed by atoms with Crippen molar-refractivity contribution < 1.29 is 28.0 Å². The molecule has 28 heavy (non-hydrogen) atoms. The van der Waals surface area contributed by atoms with Crippen LogP contribution in [0.25, 0.3) is 0 Å². The summed E-state index contributed by atoms with van der Waals surface area (Å²) in [5.41, 5.74) is 1.36. The van der Waals surface area contributed by atoms with E-state index in [-0.39, 0.29) is 17.9 Å². The molecule has 0 bridgehead atoms. The van der Waals surface area contributed by atoms with Crippen LogP contribution in [0.15, 0.2) is 53.4 Å². The van der Waals surface area contributed by atoms with E-state index < -0.39 is 28.0 Å². The summed E-state index contributed by atoms with van der Waals surface area (Å²) in [7, 11) is -4.11. The van der Waals surface area contributed by atoms with Gasteiger partial charge >= 0.3 is 0 Å². The van der Waals surface area contributed by atoms with E-state index in [1.54, 1.807) is 24.3 Å². The number of sulfonamides is 1. The number of nitrogens with one attached hydrogen (secondary N) is 2. The number of amides is 2. The third-order valence-corrected chi connectivity index (χ3v) is 6.11. The van der Waals surface area contributed by atoms with E-state index in [1.807, 2.05) is 0 Å². The Kier molecular flexibility index (Phi) is 5.84. The van der Waals surface area contributed by atoms with Crippen molar-refractivity contribution in [3.63, 3.8) is 0 Å². The monoisotopic (exact) mass is 425 g/mol. The lowest BCUT2D eigenvalue weighted by Crippen LogP contribution is -2.61. The Labute approximate surface area is 165 Å². The first-order valence-electron chi connectivity index (χ1n) is 8.10. The second kappa shape index (κ2) is 8.15. The molecule has 0 aromatic heterocycles. The van der Waals surface area contributed by atoms with Crippen LogP contribution in [-0.4, -0.2) is 42.5 Å². The van der Waals surface area contributed by atoms with Crippen molar-refractivity contribution in [1.82, 2.24) is 15.1 Å². The summed E-state index contributed by atoms with van der Waals surface area (Å²) in [5, 5.41) is 11.6. The highest BCUT2D eigenvalue weighted by Crippen LogP contribution is 2.26. The Morgan fingerprint density at radius 2 is 1.71 bits per heavy atom. The Bertz CT molecular complexity index is 979. The molecular formula is C17H16ClN3O6S. The van der Waals surface area contributed by atoms with Crippen molar-refractivity contribution in [3.8, 4) is 11.5 Å². The smallest absolute Gasteiger partial charge is 0.282 e. The first-order valence-corrected chi connectivity index (χ1v) is 9.92. The van der Waals surface area contributed by atoms with Gasteiger partial charge in [0.2, 0.25) is 15.9 Å². The zero-order valence-corrected chi connectivity index (χ0v) is 15.9. The lowest BCUT2D eigenvalue weighted by molar-refractivity contribution is -0.140. The maximum atomic E-state index is 12.9. The average Bonchev–Trinajstić information content (AvgIpc) is 2.69. The van der Waals surface area contributed by atoms with E-state index in [4.69, 9.17) is 21.5 Å². The van der Waals surface area contributed by atoms with E-state index >= 15 is 0 Å². The second-order valence-corrected chi connectivity index (χ2v) is 8.17. The van der Waals surface area contributed by atoms with Crippen LogP contribution in [0.1, 0.15) is 6.42 Å². The summed E-state index contributed by atoms with van der Waals surface area (Å²) in [5.74, 6) is -0.623. The van der Waals surface area contributed by atoms with Crippen LogP contribution in [0.2, 0.25) is 5.02 Å². The molecule has 2 amide bonds. The number of hydroxylamine groups is 1. The van der Waals surface area contributed by atoms with Gasteiger partial charge in [0, 0.05) is 18.0 Å². The molecular weight excluding hydrogens is 410 g/mol. The summed E-state index contributed by atoms with van der Waals surface area (Å²) in [6.45, 7) is -0.199. The average molecular weight is 426 g/mol. The zero-order valence-electron chi connectivity index (χ0n) is 14.3. The van der Waals surface area contributed by atoms with Gasteiger partial charge in [0.1, 0.15) is 11.5 Å². The third kappa shape index (κ3) is 4.25. The minimum atomic E-state index is -4.11.